The van der Waals surface area contributed by atoms with Crippen LogP contribution in [0.3, 0.4) is 0 Å². The molecule has 116 valence electrons. The van der Waals surface area contributed by atoms with Crippen LogP contribution >= 0.6 is 0 Å². The van der Waals surface area contributed by atoms with Crippen LogP contribution in [0.4, 0.5) is 0 Å². The largest absolute Gasteiger partial charge is 0.455 e. The Morgan fingerprint density at radius 2 is 1.76 bits per heavy atom. The molecular formula is C17H24O4. The summed E-state index contributed by atoms with van der Waals surface area (Å²) in [6, 6.07) is 9.27. The number of carbonyl (C=O) groups excluding carboxylic acids is 2. The lowest BCUT2D eigenvalue weighted by atomic mass is 10.00. The zero-order valence-electron chi connectivity index (χ0n) is 12.8. The number of hydrogen-bond donors (Lipinski definition) is 1. The average Bonchev–Trinajstić information content (AvgIpc) is 2.44. The lowest BCUT2D eigenvalue weighted by Crippen LogP contribution is -2.18. The van der Waals surface area contributed by atoms with Gasteiger partial charge in [-0.05, 0) is 32.3 Å². The van der Waals surface area contributed by atoms with Gasteiger partial charge in [0.1, 0.15) is 6.61 Å². The highest BCUT2D eigenvalue weighted by molar-refractivity contribution is 6.33. The number of ether oxygens (including phenoxy) is 1. The van der Waals surface area contributed by atoms with E-state index in [1.165, 1.54) is 0 Å². The third-order valence-corrected chi connectivity index (χ3v) is 3.13. The molecule has 1 aromatic carbocycles. The molecule has 1 N–H and O–H groups in total. The van der Waals surface area contributed by atoms with Crippen LogP contribution in [-0.2, 0) is 20.9 Å². The Morgan fingerprint density at radius 1 is 1.10 bits per heavy atom. The summed E-state index contributed by atoms with van der Waals surface area (Å²) in [7, 11) is 0. The van der Waals surface area contributed by atoms with Gasteiger partial charge in [0.25, 0.3) is 0 Å². The van der Waals surface area contributed by atoms with Crippen LogP contribution in [0.1, 0.15) is 51.5 Å². The van der Waals surface area contributed by atoms with Crippen LogP contribution < -0.4 is 0 Å². The predicted octanol–water partition coefficient (Wildman–Crippen LogP) is 3.02. The van der Waals surface area contributed by atoms with Crippen molar-refractivity contribution in [3.8, 4) is 0 Å². The minimum absolute atomic E-state index is 0.129. The fraction of sp³-hybridized carbons (Fsp3) is 0.529. The van der Waals surface area contributed by atoms with Crippen molar-refractivity contribution < 1.29 is 19.4 Å². The molecular weight excluding hydrogens is 268 g/mol. The number of esters is 1. The second-order valence-electron chi connectivity index (χ2n) is 5.86. The first-order valence-electron chi connectivity index (χ1n) is 7.35. The molecule has 0 radical (unpaired) electrons. The number of ketones is 1. The molecule has 21 heavy (non-hydrogen) atoms. The van der Waals surface area contributed by atoms with Crippen molar-refractivity contribution in [2.45, 2.75) is 58.2 Å². The average molecular weight is 292 g/mol. The summed E-state index contributed by atoms with van der Waals surface area (Å²) in [6.45, 7) is 3.66. The van der Waals surface area contributed by atoms with E-state index < -0.39 is 17.4 Å². The minimum atomic E-state index is -0.763. The molecule has 0 unspecified atom stereocenters. The van der Waals surface area contributed by atoms with Crippen LogP contribution in [0, 0.1) is 0 Å². The van der Waals surface area contributed by atoms with E-state index in [2.05, 4.69) is 0 Å². The number of hydrogen-bond acceptors (Lipinski definition) is 4. The molecule has 0 aliphatic rings. The van der Waals surface area contributed by atoms with Gasteiger partial charge in [-0.1, -0.05) is 43.2 Å². The molecule has 1 aromatic rings. The Balaban J connectivity index is 2.15. The Kier molecular flexibility index (Phi) is 7.09. The first-order valence-corrected chi connectivity index (χ1v) is 7.35. The molecule has 0 aliphatic heterocycles. The van der Waals surface area contributed by atoms with Crippen molar-refractivity contribution in [3.05, 3.63) is 35.9 Å². The highest BCUT2D eigenvalue weighted by Crippen LogP contribution is 2.14. The van der Waals surface area contributed by atoms with Gasteiger partial charge in [0, 0.05) is 6.42 Å². The SMILES string of the molecule is CC(C)(O)CCCCCC(=O)C(=O)OCc1ccccc1. The predicted molar refractivity (Wildman–Crippen MR) is 80.6 cm³/mol. The summed E-state index contributed by atoms with van der Waals surface area (Å²) in [4.78, 5) is 23.1. The van der Waals surface area contributed by atoms with E-state index in [0.29, 0.717) is 12.8 Å². The molecule has 0 saturated carbocycles. The topological polar surface area (TPSA) is 63.6 Å². The van der Waals surface area contributed by atoms with Crippen molar-refractivity contribution in [3.63, 3.8) is 0 Å². The standard InChI is InChI=1S/C17H24O4/c1-17(2,20)12-8-4-7-11-15(18)16(19)21-13-14-9-5-3-6-10-14/h3,5-6,9-10,20H,4,7-8,11-13H2,1-2H3. The second kappa shape index (κ2) is 8.57. The van der Waals surface area contributed by atoms with E-state index in [-0.39, 0.29) is 13.0 Å². The number of aliphatic hydroxyl groups is 1. The molecule has 0 amide bonds. The van der Waals surface area contributed by atoms with Gasteiger partial charge in [-0.15, -0.1) is 0 Å². The summed E-state index contributed by atoms with van der Waals surface area (Å²) in [5.74, 6) is -1.24. The summed E-state index contributed by atoms with van der Waals surface area (Å²) in [5.41, 5.74) is 0.197. The van der Waals surface area contributed by atoms with Crippen molar-refractivity contribution in [2.24, 2.45) is 0 Å². The van der Waals surface area contributed by atoms with Gasteiger partial charge in [-0.25, -0.2) is 4.79 Å². The molecule has 0 saturated heterocycles. The van der Waals surface area contributed by atoms with Gasteiger partial charge in [0.2, 0.25) is 5.78 Å². The van der Waals surface area contributed by atoms with Gasteiger partial charge >= 0.3 is 5.97 Å². The number of benzene rings is 1. The summed E-state index contributed by atoms with van der Waals surface area (Å²) in [5, 5.41) is 9.55. The van der Waals surface area contributed by atoms with E-state index in [0.717, 1.165) is 18.4 Å². The lowest BCUT2D eigenvalue weighted by Gasteiger charge is -2.16. The third-order valence-electron chi connectivity index (χ3n) is 3.13. The molecule has 0 aliphatic carbocycles. The van der Waals surface area contributed by atoms with Crippen molar-refractivity contribution in [1.82, 2.24) is 0 Å². The van der Waals surface area contributed by atoms with Crippen molar-refractivity contribution in [1.29, 1.82) is 0 Å². The first kappa shape index (κ1) is 17.4. The molecule has 0 fully saturated rings. The molecule has 4 nitrogen and oxygen atoms in total. The summed E-state index contributed by atoms with van der Waals surface area (Å²) >= 11 is 0. The van der Waals surface area contributed by atoms with Crippen LogP contribution in [-0.4, -0.2) is 22.5 Å². The number of Topliss-reactive ketones (excluding diaryl/α,β-unsaturated/α-hetero) is 1. The van der Waals surface area contributed by atoms with E-state index in [4.69, 9.17) is 4.74 Å². The lowest BCUT2D eigenvalue weighted by molar-refractivity contribution is -0.154. The molecule has 0 aromatic heterocycles. The van der Waals surface area contributed by atoms with Crippen LogP contribution in [0.5, 0.6) is 0 Å². The van der Waals surface area contributed by atoms with Crippen molar-refractivity contribution in [2.75, 3.05) is 0 Å². The maximum atomic E-state index is 11.6. The van der Waals surface area contributed by atoms with Gasteiger partial charge < -0.3 is 9.84 Å². The molecule has 0 spiro atoms. The maximum absolute atomic E-state index is 11.6. The Hall–Kier alpha value is -1.68. The van der Waals surface area contributed by atoms with Gasteiger partial charge in [0.15, 0.2) is 0 Å². The molecule has 4 heteroatoms. The van der Waals surface area contributed by atoms with E-state index >= 15 is 0 Å². The zero-order chi connectivity index (χ0) is 15.7. The first-order chi connectivity index (χ1) is 9.88. The minimum Gasteiger partial charge on any atom is -0.455 e. The normalized spacial score (nSPS) is 11.2. The van der Waals surface area contributed by atoms with Crippen LogP contribution in [0.25, 0.3) is 0 Å². The molecule has 0 atom stereocenters. The second-order valence-corrected chi connectivity index (χ2v) is 5.86. The quantitative estimate of drug-likeness (QED) is 0.432. The number of carbonyl (C=O) groups is 2. The van der Waals surface area contributed by atoms with Gasteiger partial charge in [-0.2, -0.15) is 0 Å². The van der Waals surface area contributed by atoms with E-state index in [1.807, 2.05) is 30.3 Å². The number of unbranched alkanes of at least 4 members (excludes halogenated alkanes) is 2. The maximum Gasteiger partial charge on any atom is 0.374 e. The molecule has 0 heterocycles. The fourth-order valence-corrected chi connectivity index (χ4v) is 1.93. The van der Waals surface area contributed by atoms with Gasteiger partial charge in [0.05, 0.1) is 5.60 Å². The third kappa shape index (κ3) is 8.25. The monoisotopic (exact) mass is 292 g/mol. The van der Waals surface area contributed by atoms with E-state index in [1.54, 1.807) is 13.8 Å². The van der Waals surface area contributed by atoms with E-state index in [9.17, 15) is 14.7 Å². The summed E-state index contributed by atoms with van der Waals surface area (Å²) in [6.07, 6.45) is 3.21. The Labute approximate surface area is 126 Å². The van der Waals surface area contributed by atoms with Crippen LogP contribution in [0.15, 0.2) is 30.3 Å². The number of rotatable bonds is 9. The van der Waals surface area contributed by atoms with Crippen molar-refractivity contribution >= 4 is 11.8 Å². The molecule has 1 rings (SSSR count). The zero-order valence-corrected chi connectivity index (χ0v) is 12.8. The van der Waals surface area contributed by atoms with Gasteiger partial charge in [-0.3, -0.25) is 4.79 Å². The highest BCUT2D eigenvalue weighted by atomic mass is 16.5. The smallest absolute Gasteiger partial charge is 0.374 e. The fourth-order valence-electron chi connectivity index (χ4n) is 1.93. The Morgan fingerprint density at radius 3 is 2.38 bits per heavy atom. The van der Waals surface area contributed by atoms with Crippen LogP contribution in [0.2, 0.25) is 0 Å². The Bertz CT molecular complexity index is 446. The molecule has 0 bridgehead atoms. The summed E-state index contributed by atoms with van der Waals surface area (Å²) < 4.78 is 4.97. The highest BCUT2D eigenvalue weighted by Gasteiger charge is 2.15.